The molecule has 0 amide bonds. The van der Waals surface area contributed by atoms with Gasteiger partial charge in [0.25, 0.3) is 0 Å². The van der Waals surface area contributed by atoms with Crippen LogP contribution in [0.3, 0.4) is 0 Å². The van der Waals surface area contributed by atoms with E-state index in [1.807, 2.05) is 27.7 Å². The third kappa shape index (κ3) is 8.58. The second-order valence-corrected chi connectivity index (χ2v) is 9.40. The van der Waals surface area contributed by atoms with Crippen LogP contribution in [-0.4, -0.2) is 11.6 Å². The molecule has 2 nitrogen and oxygen atoms in total. The number of hydrogen-bond acceptors (Lipinski definition) is 2. The van der Waals surface area contributed by atoms with Crippen molar-refractivity contribution in [2.24, 2.45) is 23.7 Å². The van der Waals surface area contributed by atoms with Gasteiger partial charge in [-0.25, -0.2) is 0 Å². The zero-order chi connectivity index (χ0) is 22.8. The van der Waals surface area contributed by atoms with E-state index < -0.39 is 0 Å². The van der Waals surface area contributed by atoms with Gasteiger partial charge in [0.15, 0.2) is 11.6 Å². The lowest BCUT2D eigenvalue weighted by Gasteiger charge is -2.24. The minimum Gasteiger partial charge on any atom is -0.295 e. The lowest BCUT2D eigenvalue weighted by atomic mass is 9.81. The fourth-order valence-electron chi connectivity index (χ4n) is 4.48. The summed E-state index contributed by atoms with van der Waals surface area (Å²) in [6, 6.07) is 0. The van der Waals surface area contributed by atoms with Crippen molar-refractivity contribution in [1.82, 2.24) is 0 Å². The predicted octanol–water partition coefficient (Wildman–Crippen LogP) is 7.81. The third-order valence-corrected chi connectivity index (χ3v) is 6.64. The molecule has 0 fully saturated rings. The molecule has 30 heavy (non-hydrogen) atoms. The third-order valence-electron chi connectivity index (χ3n) is 6.64. The van der Waals surface area contributed by atoms with E-state index in [4.69, 9.17) is 0 Å². The molecule has 0 aromatic heterocycles. The van der Waals surface area contributed by atoms with Crippen LogP contribution in [0.2, 0.25) is 0 Å². The Morgan fingerprint density at radius 2 is 1.13 bits per heavy atom. The minimum atomic E-state index is 0.286. The van der Waals surface area contributed by atoms with Crippen LogP contribution in [-0.2, 0) is 9.59 Å². The molecule has 0 aliphatic heterocycles. The molecule has 0 saturated carbocycles. The van der Waals surface area contributed by atoms with Crippen molar-refractivity contribution in [3.05, 3.63) is 46.6 Å². The maximum Gasteiger partial charge on any atom is 0.157 e. The first-order chi connectivity index (χ1) is 14.1. The standard InChI is InChI=1S/2C14H22O/c2*1-5-14(15)12(4)9-13-7-6-10(2)8-11(13)3/h2*8-9,11,13H,5-7H2,1-4H3/b2*12-9+/t11-,13+;11-,13-/m11/s1. The molecule has 168 valence electrons. The molecule has 2 heteroatoms. The van der Waals surface area contributed by atoms with E-state index in [2.05, 4.69) is 52.0 Å². The van der Waals surface area contributed by atoms with Gasteiger partial charge < -0.3 is 0 Å². The average Bonchev–Trinajstić information content (AvgIpc) is 2.71. The van der Waals surface area contributed by atoms with Crippen LogP contribution in [0.15, 0.2) is 46.6 Å². The van der Waals surface area contributed by atoms with Crippen LogP contribution in [0.1, 0.15) is 93.9 Å². The highest BCUT2D eigenvalue weighted by Crippen LogP contribution is 2.31. The Balaban J connectivity index is 0.000000300. The maximum atomic E-state index is 11.5. The van der Waals surface area contributed by atoms with E-state index in [1.165, 1.54) is 36.8 Å². The normalized spacial score (nSPS) is 27.5. The van der Waals surface area contributed by atoms with Gasteiger partial charge in [0.1, 0.15) is 0 Å². The fourth-order valence-corrected chi connectivity index (χ4v) is 4.48. The molecule has 0 spiro atoms. The Kier molecular flexibility index (Phi) is 11.3. The highest BCUT2D eigenvalue weighted by Gasteiger charge is 2.19. The SMILES string of the molecule is CCC(=O)/C(C)=C/[C@@H]1CCC(C)=C[C@H]1C.CCC(=O)/C(C)=C/[C@H]1CCC(C)=C[C@H]1C. The van der Waals surface area contributed by atoms with Gasteiger partial charge in [-0.15, -0.1) is 0 Å². The van der Waals surface area contributed by atoms with Crippen molar-refractivity contribution in [3.63, 3.8) is 0 Å². The molecule has 0 radical (unpaired) electrons. The molecule has 0 unspecified atom stereocenters. The molecule has 0 aromatic rings. The molecule has 2 rings (SSSR count). The molecule has 0 heterocycles. The van der Waals surface area contributed by atoms with Gasteiger partial charge in [-0.1, -0.05) is 63.1 Å². The topological polar surface area (TPSA) is 34.1 Å². The number of ketones is 2. The second kappa shape index (κ2) is 12.9. The quantitative estimate of drug-likeness (QED) is 0.329. The minimum absolute atomic E-state index is 0.286. The largest absolute Gasteiger partial charge is 0.295 e. The fraction of sp³-hybridized carbons (Fsp3) is 0.643. The smallest absolute Gasteiger partial charge is 0.157 e. The van der Waals surface area contributed by atoms with Crippen LogP contribution >= 0.6 is 0 Å². The lowest BCUT2D eigenvalue weighted by molar-refractivity contribution is -0.116. The molecule has 4 atom stereocenters. The van der Waals surface area contributed by atoms with Gasteiger partial charge in [0.05, 0.1) is 0 Å². The monoisotopic (exact) mass is 412 g/mol. The Morgan fingerprint density at radius 3 is 1.40 bits per heavy atom. The second-order valence-electron chi connectivity index (χ2n) is 9.40. The zero-order valence-corrected chi connectivity index (χ0v) is 20.7. The zero-order valence-electron chi connectivity index (χ0n) is 20.7. The number of hydrogen-bond donors (Lipinski definition) is 0. The van der Waals surface area contributed by atoms with E-state index >= 15 is 0 Å². The Morgan fingerprint density at radius 1 is 0.800 bits per heavy atom. The molecule has 2 aliphatic rings. The van der Waals surface area contributed by atoms with Crippen LogP contribution in [0.5, 0.6) is 0 Å². The number of allylic oxidation sites excluding steroid dienone is 8. The van der Waals surface area contributed by atoms with Gasteiger partial charge in [0, 0.05) is 12.8 Å². The van der Waals surface area contributed by atoms with Gasteiger partial charge in [0.2, 0.25) is 0 Å². The summed E-state index contributed by atoms with van der Waals surface area (Å²) in [6.45, 7) is 16.6. The average molecular weight is 413 g/mol. The number of Topliss-reactive ketones (excluding diaryl/α,β-unsaturated/α-hetero) is 2. The summed E-state index contributed by atoms with van der Waals surface area (Å²) in [5.41, 5.74) is 4.88. The molecular weight excluding hydrogens is 368 g/mol. The number of carbonyl (C=O) groups excluding carboxylic acids is 2. The summed E-state index contributed by atoms with van der Waals surface area (Å²) < 4.78 is 0. The van der Waals surface area contributed by atoms with Crippen LogP contribution in [0.25, 0.3) is 0 Å². The molecule has 0 saturated heterocycles. The van der Waals surface area contributed by atoms with Crippen molar-refractivity contribution in [2.75, 3.05) is 0 Å². The van der Waals surface area contributed by atoms with E-state index in [1.54, 1.807) is 0 Å². The first kappa shape index (κ1) is 26.3. The molecular formula is C28H44O2. The maximum absolute atomic E-state index is 11.5. The van der Waals surface area contributed by atoms with Crippen molar-refractivity contribution in [3.8, 4) is 0 Å². The number of rotatable bonds is 6. The summed E-state index contributed by atoms with van der Waals surface area (Å²) >= 11 is 0. The van der Waals surface area contributed by atoms with Crippen molar-refractivity contribution in [1.29, 1.82) is 0 Å². The van der Waals surface area contributed by atoms with E-state index in [0.29, 0.717) is 36.5 Å². The summed E-state index contributed by atoms with van der Waals surface area (Å²) in [4.78, 5) is 22.9. The van der Waals surface area contributed by atoms with Crippen molar-refractivity contribution in [2.45, 2.75) is 93.9 Å². The van der Waals surface area contributed by atoms with Crippen LogP contribution in [0, 0.1) is 23.7 Å². The summed E-state index contributed by atoms with van der Waals surface area (Å²) in [5, 5.41) is 0. The molecule has 0 bridgehead atoms. The predicted molar refractivity (Wildman–Crippen MR) is 129 cm³/mol. The Labute approximate surface area is 185 Å². The molecule has 0 aromatic carbocycles. The van der Waals surface area contributed by atoms with Gasteiger partial charge >= 0.3 is 0 Å². The highest BCUT2D eigenvalue weighted by atomic mass is 16.1. The molecule has 2 aliphatic carbocycles. The first-order valence-corrected chi connectivity index (χ1v) is 11.9. The van der Waals surface area contributed by atoms with Gasteiger partial charge in [-0.3, -0.25) is 9.59 Å². The van der Waals surface area contributed by atoms with E-state index in [0.717, 1.165) is 11.1 Å². The first-order valence-electron chi connectivity index (χ1n) is 11.9. The lowest BCUT2D eigenvalue weighted by Crippen LogP contribution is -2.14. The highest BCUT2D eigenvalue weighted by molar-refractivity contribution is 5.94. The number of carbonyl (C=O) groups is 2. The summed E-state index contributed by atoms with van der Waals surface area (Å²) in [6.07, 6.45) is 15.0. The molecule has 0 N–H and O–H groups in total. The Bertz CT molecular complexity index is 655. The van der Waals surface area contributed by atoms with E-state index in [-0.39, 0.29) is 11.6 Å². The summed E-state index contributed by atoms with van der Waals surface area (Å²) in [5.74, 6) is 2.85. The van der Waals surface area contributed by atoms with Gasteiger partial charge in [-0.2, -0.15) is 0 Å². The van der Waals surface area contributed by atoms with Crippen LogP contribution < -0.4 is 0 Å². The van der Waals surface area contributed by atoms with Crippen molar-refractivity contribution >= 4 is 11.6 Å². The van der Waals surface area contributed by atoms with Crippen LogP contribution in [0.4, 0.5) is 0 Å². The Hall–Kier alpha value is -1.70. The van der Waals surface area contributed by atoms with Crippen molar-refractivity contribution < 1.29 is 9.59 Å². The summed E-state index contributed by atoms with van der Waals surface area (Å²) in [7, 11) is 0. The van der Waals surface area contributed by atoms with Gasteiger partial charge in [-0.05, 0) is 88.2 Å². The van der Waals surface area contributed by atoms with E-state index in [9.17, 15) is 9.59 Å².